The van der Waals surface area contributed by atoms with Crippen molar-refractivity contribution >= 4 is 17.4 Å². The first-order chi connectivity index (χ1) is 0. The second kappa shape index (κ2) is 17.8. The van der Waals surface area contributed by atoms with Crippen molar-refractivity contribution in [1.82, 2.24) is 0 Å². The summed E-state index contributed by atoms with van der Waals surface area (Å²) in [5.41, 5.74) is 0. The van der Waals surface area contributed by atoms with Crippen molar-refractivity contribution in [3.05, 3.63) is 0 Å². The van der Waals surface area contributed by atoms with E-state index in [1.165, 1.54) is 0 Å². The van der Waals surface area contributed by atoms with Crippen molar-refractivity contribution in [3.8, 4) is 0 Å². The molecule has 0 saturated heterocycles. The zero-order valence-corrected chi connectivity index (χ0v) is 7.90. The van der Waals surface area contributed by atoms with Gasteiger partial charge >= 0.3 is 0 Å². The van der Waals surface area contributed by atoms with Crippen LogP contribution in [0.5, 0.6) is 0 Å². The maximum Gasteiger partial charge on any atom is 0 e. The fourth-order valence-electron chi connectivity index (χ4n) is 0. The van der Waals surface area contributed by atoms with Crippen molar-refractivity contribution in [2.45, 2.75) is 0 Å². The number of hydrogen-bond acceptors (Lipinski definition) is 0. The quantitative estimate of drug-likeness (QED) is 0.491. The van der Waals surface area contributed by atoms with E-state index >= 15 is 0 Å². The fourth-order valence-corrected chi connectivity index (χ4v) is 0. The van der Waals surface area contributed by atoms with E-state index in [0.717, 1.165) is 0 Å². The molecule has 0 aliphatic heterocycles. The zero-order valence-electron chi connectivity index (χ0n) is 1.88. The molecule has 0 amide bonds. The summed E-state index contributed by atoms with van der Waals surface area (Å²) in [6, 6.07) is 0. The third kappa shape index (κ3) is 8.82. The predicted molar refractivity (Wildman–Crippen MR) is 5.75 cm³/mol. The Hall–Kier alpha value is 2.51. The Morgan fingerprint density at radius 3 is 1.00 bits per heavy atom. The van der Waals surface area contributed by atoms with E-state index in [1.807, 2.05) is 0 Å². The summed E-state index contributed by atoms with van der Waals surface area (Å²) < 4.78 is 0. The fraction of sp³-hybridized carbons (Fsp3) is 0. The first-order valence-electron chi connectivity index (χ1n) is 0. The van der Waals surface area contributed by atoms with Gasteiger partial charge < -0.3 is 0 Å². The van der Waals surface area contributed by atoms with Crippen molar-refractivity contribution in [2.24, 2.45) is 0 Å². The summed E-state index contributed by atoms with van der Waals surface area (Å²) in [7, 11) is 0. The average molecular weight is 224 g/mol. The van der Waals surface area contributed by atoms with Crippen LogP contribution in [0, 0.1) is 0 Å². The third-order valence-corrected chi connectivity index (χ3v) is 0. The molecule has 0 saturated carbocycles. The van der Waals surface area contributed by atoms with Gasteiger partial charge in [0, 0.05) is 78.5 Å². The summed E-state index contributed by atoms with van der Waals surface area (Å²) in [5, 5.41) is 0. The minimum absolute atomic E-state index is 0. The average Bonchev–Trinajstić information content (AvgIpc) is 0. The first kappa shape index (κ1) is 31.4. The van der Waals surface area contributed by atoms with Gasteiger partial charge in [0.1, 0.15) is 0 Å². The van der Waals surface area contributed by atoms with Crippen LogP contribution in [0.1, 0.15) is 0 Å². The van der Waals surface area contributed by atoms with Crippen LogP contribution in [0.25, 0.3) is 0 Å². The molecular weight excluding hydrogens is 224 g/mol. The van der Waals surface area contributed by atoms with Crippen molar-refractivity contribution in [3.63, 3.8) is 0 Å². The minimum atomic E-state index is 0. The molecule has 4 heteroatoms. The first-order valence-corrected chi connectivity index (χ1v) is 0. The molecule has 0 aromatic heterocycles. The summed E-state index contributed by atoms with van der Waals surface area (Å²) in [6.07, 6.45) is 0. The van der Waals surface area contributed by atoms with Gasteiger partial charge in [-0.1, -0.05) is 0 Å². The Labute approximate surface area is 77.5 Å². The molecule has 0 spiro atoms. The maximum absolute atomic E-state index is 0. The van der Waals surface area contributed by atoms with Gasteiger partial charge in [0.05, 0.1) is 0 Å². The normalized spacial score (nSPS) is 0. The predicted octanol–water partition coefficient (Wildman–Crippen LogP) is -0.388. The van der Waals surface area contributed by atoms with E-state index in [-0.39, 0.29) is 78.5 Å². The van der Waals surface area contributed by atoms with Crippen LogP contribution in [0.15, 0.2) is 0 Å². The van der Waals surface area contributed by atoms with Gasteiger partial charge in [-0.2, -0.15) is 0 Å². The van der Waals surface area contributed by atoms with Gasteiger partial charge in [0.15, 0.2) is 0 Å². The Balaban J connectivity index is 0. The van der Waals surface area contributed by atoms with Gasteiger partial charge in [-0.15, -0.1) is 0 Å². The van der Waals surface area contributed by atoms with Crippen molar-refractivity contribution in [1.29, 1.82) is 0 Å². The van der Waals surface area contributed by atoms with Crippen LogP contribution < -0.4 is 0 Å². The molecule has 0 N–H and O–H groups in total. The molecule has 0 aromatic carbocycles. The minimum Gasteiger partial charge on any atom is 0 e. The molecule has 0 aliphatic rings. The van der Waals surface area contributed by atoms with Gasteiger partial charge in [0.25, 0.3) is 0 Å². The van der Waals surface area contributed by atoms with Crippen LogP contribution >= 0.6 is 0 Å². The number of hydrogen-bond donors (Lipinski definition) is 0. The molecular formula is AlFeNbTi. The summed E-state index contributed by atoms with van der Waals surface area (Å²) in [4.78, 5) is 0. The molecule has 0 bridgehead atoms. The van der Waals surface area contributed by atoms with Gasteiger partial charge in [-0.3, -0.25) is 0 Å². The van der Waals surface area contributed by atoms with Gasteiger partial charge in [-0.05, 0) is 0 Å². The van der Waals surface area contributed by atoms with Crippen molar-refractivity contribution < 1.29 is 61.2 Å². The molecule has 0 atom stereocenters. The van der Waals surface area contributed by atoms with Gasteiger partial charge in [-0.25, -0.2) is 0 Å². The van der Waals surface area contributed by atoms with E-state index < -0.39 is 0 Å². The van der Waals surface area contributed by atoms with Crippen LogP contribution in [0.2, 0.25) is 0 Å². The van der Waals surface area contributed by atoms with E-state index in [1.54, 1.807) is 0 Å². The SMILES string of the molecule is [Al].[Fe].[Nb].[Ti]. The Bertz CT molecular complexity index is 8.00. The topological polar surface area (TPSA) is 0 Å². The van der Waals surface area contributed by atoms with Crippen LogP contribution in [0.3, 0.4) is 0 Å². The molecule has 0 heterocycles. The molecule has 0 rings (SSSR count). The van der Waals surface area contributed by atoms with E-state index in [4.69, 9.17) is 0 Å². The maximum atomic E-state index is 0. The summed E-state index contributed by atoms with van der Waals surface area (Å²) in [5.74, 6) is 0. The smallest absolute Gasteiger partial charge is 0 e. The van der Waals surface area contributed by atoms with E-state index in [0.29, 0.717) is 0 Å². The largest absolute Gasteiger partial charge is 0 e. The zero-order chi connectivity index (χ0) is 0. The second-order valence-corrected chi connectivity index (χ2v) is 0. The molecule has 0 nitrogen and oxygen atoms in total. The van der Waals surface area contributed by atoms with Crippen LogP contribution in [0.4, 0.5) is 0 Å². The van der Waals surface area contributed by atoms with Gasteiger partial charge in [0.2, 0.25) is 0 Å². The third-order valence-electron chi connectivity index (χ3n) is 0. The summed E-state index contributed by atoms with van der Waals surface area (Å²) in [6.45, 7) is 0. The Morgan fingerprint density at radius 1 is 1.00 bits per heavy atom. The monoisotopic (exact) mass is 224 g/mol. The molecule has 0 aromatic rings. The van der Waals surface area contributed by atoms with Crippen LogP contribution in [-0.2, 0) is 61.2 Å². The summed E-state index contributed by atoms with van der Waals surface area (Å²) >= 11 is 0. The van der Waals surface area contributed by atoms with Crippen LogP contribution in [-0.4, -0.2) is 17.4 Å². The molecule has 4 radical (unpaired) electrons. The van der Waals surface area contributed by atoms with Crippen molar-refractivity contribution in [2.75, 3.05) is 0 Å². The molecule has 4 heavy (non-hydrogen) atoms. The van der Waals surface area contributed by atoms with E-state index in [2.05, 4.69) is 0 Å². The second-order valence-electron chi connectivity index (χ2n) is 0. The Kier molecular flexibility index (Phi) is 140. The number of rotatable bonds is 0. The molecule has 0 fully saturated rings. The molecule has 0 unspecified atom stereocenters. The molecule has 20 valence electrons. The standard InChI is InChI=1S/Al.Fe.Nb.Ti. The Morgan fingerprint density at radius 2 is 1.00 bits per heavy atom. The van der Waals surface area contributed by atoms with E-state index in [9.17, 15) is 0 Å². The molecule has 0 aliphatic carbocycles.